The summed E-state index contributed by atoms with van der Waals surface area (Å²) in [6.45, 7) is 8.66. The van der Waals surface area contributed by atoms with Gasteiger partial charge in [0.05, 0.1) is 5.92 Å². The van der Waals surface area contributed by atoms with Crippen LogP contribution in [0.2, 0.25) is 0 Å². The second kappa shape index (κ2) is 8.84. The lowest BCUT2D eigenvalue weighted by molar-refractivity contribution is -0.137. The van der Waals surface area contributed by atoms with Gasteiger partial charge in [-0.25, -0.2) is 0 Å². The number of amides is 3. The fourth-order valence-corrected chi connectivity index (χ4v) is 3.92. The summed E-state index contributed by atoms with van der Waals surface area (Å²) in [5.74, 6) is 0.380. The van der Waals surface area contributed by atoms with Crippen LogP contribution in [0.1, 0.15) is 33.6 Å². The molecule has 3 rings (SSSR count). The molecule has 0 spiro atoms. The van der Waals surface area contributed by atoms with Crippen LogP contribution in [0.25, 0.3) is 0 Å². The number of hydrogen-bond donors (Lipinski definition) is 0. The molecule has 2 aliphatic rings. The molecule has 158 valence electrons. The Bertz CT molecular complexity index is 744. The molecule has 7 nitrogen and oxygen atoms in total. The van der Waals surface area contributed by atoms with Gasteiger partial charge in [0.25, 0.3) is 5.91 Å². The van der Waals surface area contributed by atoms with Gasteiger partial charge in [-0.2, -0.15) is 0 Å². The van der Waals surface area contributed by atoms with Crippen LogP contribution < -0.4 is 4.74 Å². The smallest absolute Gasteiger partial charge is 0.260 e. The number of rotatable bonds is 4. The molecular weight excluding hydrogens is 370 g/mol. The molecule has 0 N–H and O–H groups in total. The first-order chi connectivity index (χ1) is 13.8. The Hall–Kier alpha value is -2.57. The molecule has 7 heteroatoms. The third-order valence-electron chi connectivity index (χ3n) is 5.55. The normalized spacial score (nSPS) is 20.6. The van der Waals surface area contributed by atoms with Gasteiger partial charge in [-0.1, -0.05) is 18.2 Å². The monoisotopic (exact) mass is 401 g/mol. The van der Waals surface area contributed by atoms with E-state index in [1.54, 1.807) is 9.80 Å². The van der Waals surface area contributed by atoms with Crippen molar-refractivity contribution in [1.82, 2.24) is 14.7 Å². The second-order valence-electron chi connectivity index (χ2n) is 8.74. The molecule has 1 atom stereocenters. The molecular formula is C22H31N3O4. The SMILES string of the molecule is CC(C)(C)N1CC(C(=O)N2CCCN(C(=O)COc3ccccc3)CC2)CC1=O. The number of carbonyl (C=O) groups excluding carboxylic acids is 3. The average molecular weight is 402 g/mol. The van der Waals surface area contributed by atoms with Crippen LogP contribution in [0.3, 0.4) is 0 Å². The van der Waals surface area contributed by atoms with E-state index >= 15 is 0 Å². The van der Waals surface area contributed by atoms with E-state index in [0.29, 0.717) is 38.5 Å². The highest BCUT2D eigenvalue weighted by Gasteiger charge is 2.41. The summed E-state index contributed by atoms with van der Waals surface area (Å²) < 4.78 is 5.56. The highest BCUT2D eigenvalue weighted by Crippen LogP contribution is 2.27. The first-order valence-electron chi connectivity index (χ1n) is 10.3. The molecule has 0 radical (unpaired) electrons. The third kappa shape index (κ3) is 5.28. The van der Waals surface area contributed by atoms with Crippen molar-refractivity contribution in [2.24, 2.45) is 5.92 Å². The maximum atomic E-state index is 13.0. The molecule has 0 aromatic heterocycles. The van der Waals surface area contributed by atoms with Crippen LogP contribution in [0, 0.1) is 5.92 Å². The molecule has 1 unspecified atom stereocenters. The molecule has 0 aliphatic carbocycles. The molecule has 2 aliphatic heterocycles. The minimum absolute atomic E-state index is 0.00434. The lowest BCUT2D eigenvalue weighted by Crippen LogP contribution is -2.44. The zero-order valence-corrected chi connectivity index (χ0v) is 17.6. The van der Waals surface area contributed by atoms with Crippen LogP contribution in [0.15, 0.2) is 30.3 Å². The molecule has 1 aromatic rings. The topological polar surface area (TPSA) is 70.2 Å². The number of para-hydroxylation sites is 1. The fraction of sp³-hybridized carbons (Fsp3) is 0.591. The fourth-order valence-electron chi connectivity index (χ4n) is 3.92. The van der Waals surface area contributed by atoms with Crippen LogP contribution in [0.4, 0.5) is 0 Å². The first-order valence-corrected chi connectivity index (χ1v) is 10.3. The van der Waals surface area contributed by atoms with Crippen molar-refractivity contribution in [1.29, 1.82) is 0 Å². The summed E-state index contributed by atoms with van der Waals surface area (Å²) in [6.07, 6.45) is 1.01. The van der Waals surface area contributed by atoms with E-state index in [9.17, 15) is 14.4 Å². The number of likely N-dealkylation sites (tertiary alicyclic amines) is 1. The predicted molar refractivity (Wildman–Crippen MR) is 109 cm³/mol. The first kappa shape index (κ1) is 21.1. The Labute approximate surface area is 172 Å². The quantitative estimate of drug-likeness (QED) is 0.771. The van der Waals surface area contributed by atoms with E-state index in [-0.39, 0.29) is 42.2 Å². The van der Waals surface area contributed by atoms with Gasteiger partial charge in [-0.3, -0.25) is 14.4 Å². The maximum Gasteiger partial charge on any atom is 0.260 e. The van der Waals surface area contributed by atoms with Crippen LogP contribution in [0.5, 0.6) is 5.75 Å². The highest BCUT2D eigenvalue weighted by molar-refractivity contribution is 5.89. The molecule has 1 aromatic carbocycles. The Morgan fingerprint density at radius 1 is 1.03 bits per heavy atom. The lowest BCUT2D eigenvalue weighted by Gasteiger charge is -2.32. The van der Waals surface area contributed by atoms with Crippen molar-refractivity contribution in [3.05, 3.63) is 30.3 Å². The zero-order chi connectivity index (χ0) is 21.0. The van der Waals surface area contributed by atoms with Gasteiger partial charge in [0.15, 0.2) is 6.61 Å². The van der Waals surface area contributed by atoms with E-state index in [0.717, 1.165) is 6.42 Å². The minimum Gasteiger partial charge on any atom is -0.484 e. The number of benzene rings is 1. The number of carbonyl (C=O) groups is 3. The summed E-state index contributed by atoms with van der Waals surface area (Å²) in [4.78, 5) is 43.2. The van der Waals surface area contributed by atoms with Crippen LogP contribution in [-0.2, 0) is 14.4 Å². The van der Waals surface area contributed by atoms with Crippen LogP contribution in [-0.4, -0.2) is 77.3 Å². The molecule has 2 heterocycles. The van der Waals surface area contributed by atoms with E-state index in [4.69, 9.17) is 4.74 Å². The summed E-state index contributed by atoms with van der Waals surface area (Å²) in [7, 11) is 0. The Morgan fingerprint density at radius 2 is 1.69 bits per heavy atom. The largest absolute Gasteiger partial charge is 0.484 e. The summed E-state index contributed by atoms with van der Waals surface area (Å²) >= 11 is 0. The number of hydrogen-bond acceptors (Lipinski definition) is 4. The molecule has 0 saturated carbocycles. The molecule has 3 amide bonds. The van der Waals surface area contributed by atoms with Gasteiger partial charge in [-0.15, -0.1) is 0 Å². The van der Waals surface area contributed by atoms with Gasteiger partial charge in [0.2, 0.25) is 11.8 Å². The third-order valence-corrected chi connectivity index (χ3v) is 5.55. The second-order valence-corrected chi connectivity index (χ2v) is 8.74. The van der Waals surface area contributed by atoms with Crippen molar-refractivity contribution in [3.8, 4) is 5.75 Å². The van der Waals surface area contributed by atoms with Crippen LogP contribution >= 0.6 is 0 Å². The maximum absolute atomic E-state index is 13.0. The summed E-state index contributed by atoms with van der Waals surface area (Å²) in [5.41, 5.74) is -0.271. The van der Waals surface area contributed by atoms with Crippen molar-refractivity contribution < 1.29 is 19.1 Å². The van der Waals surface area contributed by atoms with Gasteiger partial charge in [-0.05, 0) is 39.3 Å². The lowest BCUT2D eigenvalue weighted by atomic mass is 10.1. The summed E-state index contributed by atoms with van der Waals surface area (Å²) in [5, 5.41) is 0. The summed E-state index contributed by atoms with van der Waals surface area (Å²) in [6, 6.07) is 9.26. The van der Waals surface area contributed by atoms with Crippen molar-refractivity contribution in [2.75, 3.05) is 39.3 Å². The standard InChI is InChI=1S/C22H31N3O4/c1-22(2,3)25-15-17(14-19(25)26)21(28)24-11-7-10-23(12-13-24)20(27)16-29-18-8-5-4-6-9-18/h4-6,8-9,17H,7,10-16H2,1-3H3. The van der Waals surface area contributed by atoms with E-state index in [1.165, 1.54) is 0 Å². The minimum atomic E-state index is -0.287. The predicted octanol–water partition coefficient (Wildman–Crippen LogP) is 1.77. The zero-order valence-electron chi connectivity index (χ0n) is 17.6. The van der Waals surface area contributed by atoms with Crippen molar-refractivity contribution in [3.63, 3.8) is 0 Å². The van der Waals surface area contributed by atoms with E-state index in [2.05, 4.69) is 0 Å². The van der Waals surface area contributed by atoms with Gasteiger partial charge >= 0.3 is 0 Å². The van der Waals surface area contributed by atoms with Gasteiger partial charge < -0.3 is 19.4 Å². The average Bonchev–Trinajstić information content (AvgIpc) is 2.93. The molecule has 29 heavy (non-hydrogen) atoms. The molecule has 2 saturated heterocycles. The molecule has 2 fully saturated rings. The van der Waals surface area contributed by atoms with E-state index in [1.807, 2.05) is 56.0 Å². The Balaban J connectivity index is 1.51. The van der Waals surface area contributed by atoms with Crippen molar-refractivity contribution >= 4 is 17.7 Å². The molecule has 0 bridgehead atoms. The number of ether oxygens (including phenoxy) is 1. The highest BCUT2D eigenvalue weighted by atomic mass is 16.5. The number of nitrogens with zero attached hydrogens (tertiary/aromatic N) is 3. The van der Waals surface area contributed by atoms with Crippen molar-refractivity contribution in [2.45, 2.75) is 39.2 Å². The van der Waals surface area contributed by atoms with Gasteiger partial charge in [0.1, 0.15) is 5.75 Å². The van der Waals surface area contributed by atoms with Gasteiger partial charge in [0, 0.05) is 44.7 Å². The van der Waals surface area contributed by atoms with E-state index < -0.39 is 0 Å². The Morgan fingerprint density at radius 3 is 2.34 bits per heavy atom. The Kier molecular flexibility index (Phi) is 6.45.